The first kappa shape index (κ1) is 7.75. The molecule has 0 rings (SSSR count). The fourth-order valence-electron chi connectivity index (χ4n) is 0.191. The Bertz CT molecular complexity index is 142. The highest BCUT2D eigenvalue weighted by Crippen LogP contribution is 1.86. The number of ether oxygens (including phenoxy) is 1. The molecule has 0 aliphatic heterocycles. The Morgan fingerprint density at radius 1 is 1.78 bits per heavy atom. The minimum Gasteiger partial charge on any atom is -0.509 e. The van der Waals surface area contributed by atoms with E-state index < -0.39 is 5.97 Å². The van der Waals surface area contributed by atoms with Gasteiger partial charge in [0.15, 0.2) is 0 Å². The summed E-state index contributed by atoms with van der Waals surface area (Å²) in [5, 5.41) is 8.45. The number of carbonyl (C=O) groups is 1. The lowest BCUT2D eigenvalue weighted by molar-refractivity contribution is -0.132. The molecular formula is C6H8O3. The van der Waals surface area contributed by atoms with Crippen molar-refractivity contribution in [3.8, 4) is 0 Å². The zero-order valence-electron chi connectivity index (χ0n) is 5.13. The molecule has 50 valence electrons. The van der Waals surface area contributed by atoms with Crippen molar-refractivity contribution in [2.75, 3.05) is 0 Å². The van der Waals surface area contributed by atoms with E-state index in [2.05, 4.69) is 11.3 Å². The second kappa shape index (κ2) is 3.72. The number of aliphatic hydroxyl groups is 1. The molecule has 0 aromatic heterocycles. The molecule has 0 saturated heterocycles. The van der Waals surface area contributed by atoms with Crippen LogP contribution in [0.25, 0.3) is 0 Å². The SMILES string of the molecule is C=CC(=O)O/C=C(/C)O. The first-order chi connectivity index (χ1) is 4.16. The van der Waals surface area contributed by atoms with E-state index in [1.165, 1.54) is 6.92 Å². The normalized spacial score (nSPS) is 10.6. The molecule has 0 amide bonds. The summed E-state index contributed by atoms with van der Waals surface area (Å²) in [5.41, 5.74) is 0. The maximum atomic E-state index is 10.2. The minimum atomic E-state index is -0.580. The molecule has 3 heteroatoms. The summed E-state index contributed by atoms with van der Waals surface area (Å²) in [6, 6.07) is 0. The average Bonchev–Trinajstić information content (AvgIpc) is 1.83. The van der Waals surface area contributed by atoms with E-state index in [-0.39, 0.29) is 5.76 Å². The van der Waals surface area contributed by atoms with E-state index in [0.29, 0.717) is 0 Å². The van der Waals surface area contributed by atoms with Crippen LogP contribution in [-0.4, -0.2) is 11.1 Å². The molecule has 3 nitrogen and oxygen atoms in total. The summed E-state index contributed by atoms with van der Waals surface area (Å²) in [6.07, 6.45) is 1.96. The summed E-state index contributed by atoms with van der Waals surface area (Å²) >= 11 is 0. The number of hydrogen-bond donors (Lipinski definition) is 1. The Morgan fingerprint density at radius 2 is 2.33 bits per heavy atom. The van der Waals surface area contributed by atoms with Crippen LogP contribution in [0.5, 0.6) is 0 Å². The maximum absolute atomic E-state index is 10.2. The van der Waals surface area contributed by atoms with Gasteiger partial charge in [0.05, 0.1) is 0 Å². The van der Waals surface area contributed by atoms with Gasteiger partial charge in [0.25, 0.3) is 0 Å². The second-order valence-corrected chi connectivity index (χ2v) is 1.40. The van der Waals surface area contributed by atoms with Gasteiger partial charge < -0.3 is 9.84 Å². The van der Waals surface area contributed by atoms with Crippen LogP contribution in [0.1, 0.15) is 6.92 Å². The van der Waals surface area contributed by atoms with Crippen LogP contribution in [0.4, 0.5) is 0 Å². The molecule has 0 aliphatic rings. The van der Waals surface area contributed by atoms with Crippen LogP contribution >= 0.6 is 0 Å². The summed E-state index contributed by atoms with van der Waals surface area (Å²) in [6.45, 7) is 4.55. The molecule has 0 aliphatic carbocycles. The van der Waals surface area contributed by atoms with Crippen LogP contribution in [0.15, 0.2) is 24.7 Å². The van der Waals surface area contributed by atoms with Gasteiger partial charge in [-0.15, -0.1) is 0 Å². The summed E-state index contributed by atoms with van der Waals surface area (Å²) in [5.74, 6) is -0.631. The van der Waals surface area contributed by atoms with Crippen LogP contribution in [0, 0.1) is 0 Å². The largest absolute Gasteiger partial charge is 0.509 e. The van der Waals surface area contributed by atoms with Crippen molar-refractivity contribution in [3.05, 3.63) is 24.7 Å². The van der Waals surface area contributed by atoms with Gasteiger partial charge in [-0.05, 0) is 6.92 Å². The lowest BCUT2D eigenvalue weighted by Crippen LogP contribution is -1.92. The Hall–Kier alpha value is -1.25. The number of allylic oxidation sites excluding steroid dienone is 1. The van der Waals surface area contributed by atoms with E-state index in [1.54, 1.807) is 0 Å². The fourth-order valence-corrected chi connectivity index (χ4v) is 0.191. The molecule has 0 aromatic carbocycles. The van der Waals surface area contributed by atoms with Crippen molar-refractivity contribution < 1.29 is 14.6 Å². The van der Waals surface area contributed by atoms with Crippen molar-refractivity contribution in [2.24, 2.45) is 0 Å². The smallest absolute Gasteiger partial charge is 0.335 e. The highest BCUT2D eigenvalue weighted by molar-refractivity contribution is 5.81. The second-order valence-electron chi connectivity index (χ2n) is 1.40. The highest BCUT2D eigenvalue weighted by Gasteiger charge is 1.89. The molecule has 0 heterocycles. The summed E-state index contributed by atoms with van der Waals surface area (Å²) < 4.78 is 4.28. The summed E-state index contributed by atoms with van der Waals surface area (Å²) in [7, 11) is 0. The standard InChI is InChI=1S/C6H8O3/c1-3-6(8)9-4-5(2)7/h3-4,7H,1H2,2H3/b5-4-. The molecule has 0 spiro atoms. The highest BCUT2D eigenvalue weighted by atomic mass is 16.5. The third kappa shape index (κ3) is 4.61. The Labute approximate surface area is 53.3 Å². The molecule has 1 N–H and O–H groups in total. The van der Waals surface area contributed by atoms with Gasteiger partial charge in [-0.25, -0.2) is 4.79 Å². The molecule has 9 heavy (non-hydrogen) atoms. The number of rotatable bonds is 2. The predicted molar refractivity (Wildman–Crippen MR) is 32.7 cm³/mol. The maximum Gasteiger partial charge on any atom is 0.335 e. The molecule has 0 saturated carbocycles. The van der Waals surface area contributed by atoms with E-state index in [0.717, 1.165) is 12.3 Å². The Morgan fingerprint density at radius 3 is 2.67 bits per heavy atom. The van der Waals surface area contributed by atoms with Crippen molar-refractivity contribution in [1.29, 1.82) is 0 Å². The molecule has 0 radical (unpaired) electrons. The molecule has 0 fully saturated rings. The Kier molecular flexibility index (Phi) is 3.20. The molecular weight excluding hydrogens is 120 g/mol. The van der Waals surface area contributed by atoms with Crippen LogP contribution in [0.2, 0.25) is 0 Å². The predicted octanol–water partition coefficient (Wildman–Crippen LogP) is 1.13. The van der Waals surface area contributed by atoms with Crippen molar-refractivity contribution in [1.82, 2.24) is 0 Å². The number of esters is 1. The average molecular weight is 128 g/mol. The molecule has 0 bridgehead atoms. The van der Waals surface area contributed by atoms with Crippen LogP contribution in [0.3, 0.4) is 0 Å². The Balaban J connectivity index is 3.63. The van der Waals surface area contributed by atoms with E-state index in [9.17, 15) is 4.79 Å². The van der Waals surface area contributed by atoms with Gasteiger partial charge in [-0.3, -0.25) is 0 Å². The monoisotopic (exact) mass is 128 g/mol. The van der Waals surface area contributed by atoms with Crippen molar-refractivity contribution >= 4 is 5.97 Å². The number of carbonyl (C=O) groups excluding carboxylic acids is 1. The van der Waals surface area contributed by atoms with E-state index >= 15 is 0 Å². The third-order valence-electron chi connectivity index (χ3n) is 0.512. The fraction of sp³-hybridized carbons (Fsp3) is 0.167. The van der Waals surface area contributed by atoms with Gasteiger partial charge in [-0.2, -0.15) is 0 Å². The van der Waals surface area contributed by atoms with Gasteiger partial charge >= 0.3 is 5.97 Å². The topological polar surface area (TPSA) is 46.5 Å². The lowest BCUT2D eigenvalue weighted by atomic mass is 10.6. The zero-order chi connectivity index (χ0) is 7.28. The zero-order valence-corrected chi connectivity index (χ0v) is 5.13. The number of hydrogen-bond acceptors (Lipinski definition) is 3. The molecule has 0 aromatic rings. The first-order valence-electron chi connectivity index (χ1n) is 2.35. The van der Waals surface area contributed by atoms with E-state index in [4.69, 9.17) is 5.11 Å². The molecule has 0 atom stereocenters. The third-order valence-corrected chi connectivity index (χ3v) is 0.512. The quantitative estimate of drug-likeness (QED) is 0.344. The minimum absolute atomic E-state index is 0.0507. The van der Waals surface area contributed by atoms with Crippen molar-refractivity contribution in [2.45, 2.75) is 6.92 Å². The number of aliphatic hydroxyl groups excluding tert-OH is 1. The van der Waals surface area contributed by atoms with Gasteiger partial charge in [0.1, 0.15) is 12.0 Å². The van der Waals surface area contributed by atoms with Gasteiger partial charge in [-0.1, -0.05) is 6.58 Å². The van der Waals surface area contributed by atoms with Gasteiger partial charge in [0, 0.05) is 6.08 Å². The first-order valence-corrected chi connectivity index (χ1v) is 2.35. The van der Waals surface area contributed by atoms with Crippen LogP contribution in [-0.2, 0) is 9.53 Å². The van der Waals surface area contributed by atoms with Gasteiger partial charge in [0.2, 0.25) is 0 Å². The van der Waals surface area contributed by atoms with E-state index in [1.807, 2.05) is 0 Å². The summed E-state index contributed by atoms with van der Waals surface area (Å²) in [4.78, 5) is 10.2. The van der Waals surface area contributed by atoms with Crippen molar-refractivity contribution in [3.63, 3.8) is 0 Å². The lowest BCUT2D eigenvalue weighted by Gasteiger charge is -1.90. The molecule has 0 unspecified atom stereocenters. The van der Waals surface area contributed by atoms with Crippen LogP contribution < -0.4 is 0 Å².